The Balaban J connectivity index is 1.73. The van der Waals surface area contributed by atoms with Gasteiger partial charge in [0.1, 0.15) is 0 Å². The summed E-state index contributed by atoms with van der Waals surface area (Å²) in [6, 6.07) is 0. The lowest BCUT2D eigenvalue weighted by Crippen LogP contribution is -2.48. The first kappa shape index (κ1) is 14.3. The molecule has 0 saturated carbocycles. The minimum atomic E-state index is 0.415. The normalized spacial score (nSPS) is 19.4. The van der Waals surface area contributed by atoms with Crippen LogP contribution in [0.25, 0.3) is 0 Å². The summed E-state index contributed by atoms with van der Waals surface area (Å²) in [6.45, 7) is 1.10. The van der Waals surface area contributed by atoms with Gasteiger partial charge in [0, 0.05) is 20.5 Å². The van der Waals surface area contributed by atoms with Crippen LogP contribution in [-0.4, -0.2) is 49.9 Å². The molecule has 1 aliphatic heterocycles. The van der Waals surface area contributed by atoms with Crippen molar-refractivity contribution in [3.05, 3.63) is 5.82 Å². The molecule has 106 valence electrons. The number of aromatic nitrogens is 4. The van der Waals surface area contributed by atoms with Crippen molar-refractivity contribution < 1.29 is 0 Å². The first-order valence-electron chi connectivity index (χ1n) is 6.89. The van der Waals surface area contributed by atoms with E-state index >= 15 is 0 Å². The SMILES string of the molecule is CN(C(=S)CCCc1nnnn1C)C1CCCCN1. The van der Waals surface area contributed by atoms with Gasteiger partial charge in [-0.25, -0.2) is 4.68 Å². The molecule has 2 rings (SSSR count). The van der Waals surface area contributed by atoms with E-state index in [9.17, 15) is 0 Å². The molecule has 0 aliphatic carbocycles. The monoisotopic (exact) mass is 282 g/mol. The van der Waals surface area contributed by atoms with Crippen LogP contribution in [0.2, 0.25) is 0 Å². The second-order valence-corrected chi connectivity index (χ2v) is 5.51. The lowest BCUT2D eigenvalue weighted by atomic mass is 10.1. The molecule has 0 radical (unpaired) electrons. The van der Waals surface area contributed by atoms with Crippen LogP contribution >= 0.6 is 12.2 Å². The minimum absolute atomic E-state index is 0.415. The first-order chi connectivity index (χ1) is 9.18. The fraction of sp³-hybridized carbons (Fsp3) is 0.833. The molecule has 0 aromatic carbocycles. The average Bonchev–Trinajstić information content (AvgIpc) is 2.84. The van der Waals surface area contributed by atoms with Crippen molar-refractivity contribution in [1.82, 2.24) is 30.4 Å². The maximum atomic E-state index is 5.51. The zero-order valence-electron chi connectivity index (χ0n) is 11.7. The molecule has 1 unspecified atom stereocenters. The van der Waals surface area contributed by atoms with Gasteiger partial charge in [0.05, 0.1) is 11.2 Å². The van der Waals surface area contributed by atoms with E-state index in [0.717, 1.165) is 36.6 Å². The maximum absolute atomic E-state index is 5.51. The number of aryl methyl sites for hydroxylation is 2. The fourth-order valence-electron chi connectivity index (χ4n) is 2.37. The molecule has 1 saturated heterocycles. The Morgan fingerprint density at radius 1 is 1.53 bits per heavy atom. The van der Waals surface area contributed by atoms with Gasteiger partial charge in [0.2, 0.25) is 0 Å². The van der Waals surface area contributed by atoms with E-state index in [1.165, 1.54) is 19.3 Å². The summed E-state index contributed by atoms with van der Waals surface area (Å²) in [5.74, 6) is 0.918. The number of nitrogens with one attached hydrogen (secondary N) is 1. The lowest BCUT2D eigenvalue weighted by molar-refractivity contribution is 0.251. The largest absolute Gasteiger partial charge is 0.354 e. The van der Waals surface area contributed by atoms with Crippen molar-refractivity contribution in [1.29, 1.82) is 0 Å². The third kappa shape index (κ3) is 3.94. The van der Waals surface area contributed by atoms with Crippen molar-refractivity contribution >= 4 is 17.2 Å². The third-order valence-electron chi connectivity index (χ3n) is 3.64. The van der Waals surface area contributed by atoms with Crippen LogP contribution in [-0.2, 0) is 13.5 Å². The Kier molecular flexibility index (Phi) is 5.21. The van der Waals surface area contributed by atoms with E-state index in [4.69, 9.17) is 12.2 Å². The fourth-order valence-corrected chi connectivity index (χ4v) is 2.64. The van der Waals surface area contributed by atoms with Crippen LogP contribution in [0.1, 0.15) is 37.9 Å². The summed E-state index contributed by atoms with van der Waals surface area (Å²) >= 11 is 5.51. The second kappa shape index (κ2) is 6.91. The summed E-state index contributed by atoms with van der Waals surface area (Å²) in [5, 5.41) is 15.0. The molecule has 0 spiro atoms. The maximum Gasteiger partial charge on any atom is 0.150 e. The molecule has 1 aromatic heterocycles. The molecule has 1 aliphatic rings. The second-order valence-electron chi connectivity index (χ2n) is 5.04. The molecule has 1 fully saturated rings. The molecule has 1 atom stereocenters. The molecule has 1 aromatic rings. The number of tetrazole rings is 1. The summed E-state index contributed by atoms with van der Waals surface area (Å²) in [5.41, 5.74) is 0. The van der Waals surface area contributed by atoms with Crippen LogP contribution < -0.4 is 5.32 Å². The van der Waals surface area contributed by atoms with Crippen molar-refractivity contribution in [3.8, 4) is 0 Å². The number of hydrogen-bond donors (Lipinski definition) is 1. The quantitative estimate of drug-likeness (QED) is 0.810. The highest BCUT2D eigenvalue weighted by atomic mass is 32.1. The lowest BCUT2D eigenvalue weighted by Gasteiger charge is -2.34. The molecule has 0 amide bonds. The predicted octanol–water partition coefficient (Wildman–Crippen LogP) is 0.892. The van der Waals surface area contributed by atoms with Gasteiger partial charge in [0.15, 0.2) is 5.82 Å². The summed E-state index contributed by atoms with van der Waals surface area (Å²) in [4.78, 5) is 3.23. The zero-order chi connectivity index (χ0) is 13.7. The first-order valence-corrected chi connectivity index (χ1v) is 7.29. The van der Waals surface area contributed by atoms with Crippen LogP contribution in [0.15, 0.2) is 0 Å². The number of thiocarbonyl (C=S) groups is 1. The highest BCUT2D eigenvalue weighted by Crippen LogP contribution is 2.13. The van der Waals surface area contributed by atoms with Gasteiger partial charge in [-0.15, -0.1) is 5.10 Å². The number of rotatable bonds is 5. The predicted molar refractivity (Wildman–Crippen MR) is 77.7 cm³/mol. The molecule has 0 bridgehead atoms. The molecule has 2 heterocycles. The molecular formula is C12H22N6S. The van der Waals surface area contributed by atoms with Crippen molar-refractivity contribution in [2.45, 2.75) is 44.7 Å². The third-order valence-corrected chi connectivity index (χ3v) is 4.14. The Morgan fingerprint density at radius 2 is 2.37 bits per heavy atom. The zero-order valence-corrected chi connectivity index (χ0v) is 12.5. The molecule has 7 heteroatoms. The molecular weight excluding hydrogens is 260 g/mol. The van der Waals surface area contributed by atoms with E-state index in [-0.39, 0.29) is 0 Å². The van der Waals surface area contributed by atoms with Crippen LogP contribution in [0.3, 0.4) is 0 Å². The van der Waals surface area contributed by atoms with Gasteiger partial charge in [-0.2, -0.15) is 0 Å². The molecule has 19 heavy (non-hydrogen) atoms. The van der Waals surface area contributed by atoms with Gasteiger partial charge in [-0.1, -0.05) is 12.2 Å². The Labute approximate surface area is 119 Å². The van der Waals surface area contributed by atoms with Gasteiger partial charge < -0.3 is 4.90 Å². The van der Waals surface area contributed by atoms with E-state index < -0.39 is 0 Å². The van der Waals surface area contributed by atoms with Crippen LogP contribution in [0, 0.1) is 0 Å². The Hall–Kier alpha value is -1.08. The Bertz CT molecular complexity index is 412. The molecule has 1 N–H and O–H groups in total. The minimum Gasteiger partial charge on any atom is -0.354 e. The highest BCUT2D eigenvalue weighted by Gasteiger charge is 2.18. The van der Waals surface area contributed by atoms with E-state index in [1.54, 1.807) is 4.68 Å². The number of hydrogen-bond acceptors (Lipinski definition) is 5. The average molecular weight is 282 g/mol. The summed E-state index contributed by atoms with van der Waals surface area (Å²) < 4.78 is 1.72. The van der Waals surface area contributed by atoms with E-state index in [0.29, 0.717) is 6.17 Å². The van der Waals surface area contributed by atoms with Gasteiger partial charge in [-0.05, 0) is 49.1 Å². The smallest absolute Gasteiger partial charge is 0.150 e. The van der Waals surface area contributed by atoms with Crippen molar-refractivity contribution in [2.75, 3.05) is 13.6 Å². The van der Waals surface area contributed by atoms with Gasteiger partial charge >= 0.3 is 0 Å². The standard InChI is InChI=1S/C12H22N6S/c1-17(10-6-3-4-9-13-10)12(19)8-5-7-11-14-15-16-18(11)2/h10,13H,3-9H2,1-2H3. The van der Waals surface area contributed by atoms with Gasteiger partial charge in [-0.3, -0.25) is 5.32 Å². The summed E-state index contributed by atoms with van der Waals surface area (Å²) in [7, 11) is 3.96. The van der Waals surface area contributed by atoms with Crippen LogP contribution in [0.4, 0.5) is 0 Å². The summed E-state index contributed by atoms with van der Waals surface area (Å²) in [6.07, 6.45) is 6.93. The van der Waals surface area contributed by atoms with Crippen molar-refractivity contribution in [3.63, 3.8) is 0 Å². The highest BCUT2D eigenvalue weighted by molar-refractivity contribution is 7.80. The van der Waals surface area contributed by atoms with Crippen LogP contribution in [0.5, 0.6) is 0 Å². The van der Waals surface area contributed by atoms with E-state index in [2.05, 4.69) is 32.8 Å². The van der Waals surface area contributed by atoms with Gasteiger partial charge in [0.25, 0.3) is 0 Å². The molecule has 6 nitrogen and oxygen atoms in total. The van der Waals surface area contributed by atoms with Crippen molar-refractivity contribution in [2.24, 2.45) is 7.05 Å². The topological polar surface area (TPSA) is 58.9 Å². The van der Waals surface area contributed by atoms with E-state index in [1.807, 2.05) is 7.05 Å². The number of piperidine rings is 1. The Morgan fingerprint density at radius 3 is 3.00 bits per heavy atom. The number of nitrogens with zero attached hydrogens (tertiary/aromatic N) is 5.